The van der Waals surface area contributed by atoms with E-state index in [4.69, 9.17) is 13.9 Å². The molecule has 38 heavy (non-hydrogen) atoms. The first-order chi connectivity index (χ1) is 18.6. The summed E-state index contributed by atoms with van der Waals surface area (Å²) in [6, 6.07) is 22.2. The van der Waals surface area contributed by atoms with Crippen molar-refractivity contribution in [2.45, 2.75) is 45.6 Å². The van der Waals surface area contributed by atoms with Crippen molar-refractivity contribution in [3.8, 4) is 11.5 Å². The second-order valence-corrected chi connectivity index (χ2v) is 9.50. The van der Waals surface area contributed by atoms with Crippen LogP contribution in [0.25, 0.3) is 11.0 Å². The molecule has 5 rings (SSSR count). The summed E-state index contributed by atoms with van der Waals surface area (Å²) in [7, 11) is 0. The molecule has 1 aliphatic rings. The third-order valence-corrected chi connectivity index (χ3v) is 6.95. The van der Waals surface area contributed by atoms with Crippen molar-refractivity contribution in [1.29, 1.82) is 0 Å². The van der Waals surface area contributed by atoms with Crippen molar-refractivity contribution in [3.05, 3.63) is 105 Å². The molecule has 1 aromatic heterocycles. The molecule has 0 radical (unpaired) electrons. The molecule has 1 unspecified atom stereocenters. The molecular weight excluding hydrogens is 478 g/mol. The Morgan fingerprint density at radius 1 is 0.868 bits per heavy atom. The van der Waals surface area contributed by atoms with Gasteiger partial charge in [-0.15, -0.1) is 0 Å². The van der Waals surface area contributed by atoms with Gasteiger partial charge in [0.25, 0.3) is 5.91 Å². The lowest BCUT2D eigenvalue weighted by Gasteiger charge is -2.26. The Morgan fingerprint density at radius 2 is 1.66 bits per heavy atom. The Hall–Kier alpha value is -4.06. The van der Waals surface area contributed by atoms with E-state index < -0.39 is 6.04 Å². The summed E-state index contributed by atoms with van der Waals surface area (Å²) >= 11 is 0. The van der Waals surface area contributed by atoms with E-state index >= 15 is 0 Å². The van der Waals surface area contributed by atoms with Gasteiger partial charge in [-0.25, -0.2) is 0 Å². The first-order valence-corrected chi connectivity index (χ1v) is 13.4. The number of hydrogen-bond acceptors (Lipinski definition) is 5. The predicted octanol–water partition coefficient (Wildman–Crippen LogP) is 6.55. The summed E-state index contributed by atoms with van der Waals surface area (Å²) in [5.74, 6) is 1.11. The monoisotopic (exact) mass is 511 g/mol. The SMILES string of the molecule is CCCCCOc1ccc(C2c3c(oc4ccccc4c3=O)C(=O)N2CCc2ccccc2)cc1OCC. The number of rotatable bonds is 11. The highest BCUT2D eigenvalue weighted by Crippen LogP contribution is 2.41. The predicted molar refractivity (Wildman–Crippen MR) is 148 cm³/mol. The molecule has 196 valence electrons. The van der Waals surface area contributed by atoms with Crippen molar-refractivity contribution in [2.24, 2.45) is 0 Å². The van der Waals surface area contributed by atoms with Crippen molar-refractivity contribution < 1.29 is 18.7 Å². The number of amides is 1. The van der Waals surface area contributed by atoms with Crippen LogP contribution in [0.1, 0.15) is 66.4 Å². The lowest BCUT2D eigenvalue weighted by molar-refractivity contribution is 0.0729. The third-order valence-electron chi connectivity index (χ3n) is 6.95. The molecule has 1 aliphatic heterocycles. The normalized spacial score (nSPS) is 14.6. The van der Waals surface area contributed by atoms with Crippen LogP contribution < -0.4 is 14.9 Å². The molecule has 0 N–H and O–H groups in total. The lowest BCUT2D eigenvalue weighted by atomic mass is 9.97. The van der Waals surface area contributed by atoms with Crippen LogP contribution in [0.5, 0.6) is 11.5 Å². The molecule has 0 saturated carbocycles. The van der Waals surface area contributed by atoms with E-state index in [1.807, 2.05) is 61.5 Å². The Balaban J connectivity index is 1.57. The van der Waals surface area contributed by atoms with Gasteiger partial charge in [-0.3, -0.25) is 9.59 Å². The van der Waals surface area contributed by atoms with Crippen LogP contribution >= 0.6 is 0 Å². The smallest absolute Gasteiger partial charge is 0.290 e. The number of hydrogen-bond donors (Lipinski definition) is 0. The van der Waals surface area contributed by atoms with Gasteiger partial charge >= 0.3 is 0 Å². The highest BCUT2D eigenvalue weighted by atomic mass is 16.5. The van der Waals surface area contributed by atoms with E-state index in [-0.39, 0.29) is 17.1 Å². The molecule has 3 aromatic carbocycles. The summed E-state index contributed by atoms with van der Waals surface area (Å²) in [5.41, 5.74) is 2.52. The third kappa shape index (κ3) is 5.03. The van der Waals surface area contributed by atoms with Crippen LogP contribution in [-0.4, -0.2) is 30.6 Å². The van der Waals surface area contributed by atoms with Crippen LogP contribution in [0.4, 0.5) is 0 Å². The molecule has 0 spiro atoms. The number of unbranched alkanes of at least 4 members (excludes halogenated alkanes) is 2. The van der Waals surface area contributed by atoms with E-state index in [1.165, 1.54) is 0 Å². The molecule has 0 fully saturated rings. The fourth-order valence-corrected chi connectivity index (χ4v) is 5.06. The zero-order valence-electron chi connectivity index (χ0n) is 21.9. The van der Waals surface area contributed by atoms with Gasteiger partial charge in [-0.2, -0.15) is 0 Å². The van der Waals surface area contributed by atoms with Gasteiger partial charge in [0.2, 0.25) is 5.76 Å². The van der Waals surface area contributed by atoms with Crippen molar-refractivity contribution in [3.63, 3.8) is 0 Å². The zero-order valence-corrected chi connectivity index (χ0v) is 21.9. The maximum atomic E-state index is 13.8. The Morgan fingerprint density at radius 3 is 2.45 bits per heavy atom. The van der Waals surface area contributed by atoms with Crippen molar-refractivity contribution >= 4 is 16.9 Å². The Labute approximate surface area is 222 Å². The molecular formula is C32H33NO5. The number of fused-ring (bicyclic) bond motifs is 2. The van der Waals surface area contributed by atoms with Crippen LogP contribution in [0.15, 0.2) is 82.0 Å². The minimum Gasteiger partial charge on any atom is -0.490 e. The molecule has 2 heterocycles. The topological polar surface area (TPSA) is 69.0 Å². The summed E-state index contributed by atoms with van der Waals surface area (Å²) in [6.07, 6.45) is 3.84. The number of carbonyl (C=O) groups excluding carboxylic acids is 1. The summed E-state index contributed by atoms with van der Waals surface area (Å²) in [6.45, 7) is 5.60. The van der Waals surface area contributed by atoms with Gasteiger partial charge in [0.05, 0.1) is 30.2 Å². The quantitative estimate of drug-likeness (QED) is 0.214. The van der Waals surface area contributed by atoms with Crippen LogP contribution in [0.3, 0.4) is 0 Å². The minimum atomic E-state index is -0.588. The standard InChI is InChI=1S/C32H33NO5/c1-3-5-11-20-37-26-17-16-23(21-27(26)36-4-2)29-28-30(34)24-14-9-10-15-25(24)38-31(28)32(35)33(29)19-18-22-12-7-6-8-13-22/h6-10,12-17,21,29H,3-5,11,18-20H2,1-2H3. The van der Waals surface area contributed by atoms with Gasteiger partial charge in [0, 0.05) is 6.54 Å². The number of carbonyl (C=O) groups is 1. The van der Waals surface area contributed by atoms with Gasteiger partial charge < -0.3 is 18.8 Å². The van der Waals surface area contributed by atoms with Crippen molar-refractivity contribution in [1.82, 2.24) is 4.90 Å². The zero-order chi connectivity index (χ0) is 26.5. The average Bonchev–Trinajstić information content (AvgIpc) is 3.23. The van der Waals surface area contributed by atoms with Crippen LogP contribution in [0, 0.1) is 0 Å². The molecule has 1 atom stereocenters. The number of nitrogens with zero attached hydrogens (tertiary/aromatic N) is 1. The second kappa shape index (κ2) is 11.5. The average molecular weight is 512 g/mol. The van der Waals surface area contributed by atoms with Crippen LogP contribution in [0.2, 0.25) is 0 Å². The first-order valence-electron chi connectivity index (χ1n) is 13.4. The molecule has 4 aromatic rings. The number of benzene rings is 3. The Bertz CT molecular complexity index is 1480. The first kappa shape index (κ1) is 25.6. The molecule has 6 heteroatoms. The summed E-state index contributed by atoms with van der Waals surface area (Å²) in [5, 5.41) is 0.467. The van der Waals surface area contributed by atoms with Gasteiger partial charge in [0.15, 0.2) is 16.9 Å². The summed E-state index contributed by atoms with van der Waals surface area (Å²) in [4.78, 5) is 29.2. The van der Waals surface area contributed by atoms with Crippen molar-refractivity contribution in [2.75, 3.05) is 19.8 Å². The molecule has 6 nitrogen and oxygen atoms in total. The fraction of sp³-hybridized carbons (Fsp3) is 0.312. The molecule has 1 amide bonds. The molecule has 0 saturated heterocycles. The minimum absolute atomic E-state index is 0.115. The number of para-hydroxylation sites is 1. The van der Waals surface area contributed by atoms with Gasteiger partial charge in [-0.1, -0.05) is 68.3 Å². The maximum Gasteiger partial charge on any atom is 0.290 e. The van der Waals surface area contributed by atoms with E-state index in [2.05, 4.69) is 6.92 Å². The van der Waals surface area contributed by atoms with Gasteiger partial charge in [-0.05, 0) is 55.2 Å². The maximum absolute atomic E-state index is 13.8. The van der Waals surface area contributed by atoms with E-state index in [0.29, 0.717) is 54.2 Å². The van der Waals surface area contributed by atoms with E-state index in [9.17, 15) is 9.59 Å². The summed E-state index contributed by atoms with van der Waals surface area (Å²) < 4.78 is 18.0. The van der Waals surface area contributed by atoms with Gasteiger partial charge in [0.1, 0.15) is 5.58 Å². The lowest BCUT2D eigenvalue weighted by Crippen LogP contribution is -2.31. The Kier molecular flexibility index (Phi) is 7.78. The number of ether oxygens (including phenoxy) is 2. The fourth-order valence-electron chi connectivity index (χ4n) is 5.06. The molecule has 0 aliphatic carbocycles. The second-order valence-electron chi connectivity index (χ2n) is 9.50. The highest BCUT2D eigenvalue weighted by molar-refractivity contribution is 5.99. The van der Waals surface area contributed by atoms with E-state index in [1.54, 1.807) is 23.1 Å². The van der Waals surface area contributed by atoms with Crippen LogP contribution in [-0.2, 0) is 6.42 Å². The molecule has 0 bridgehead atoms. The van der Waals surface area contributed by atoms with E-state index in [0.717, 1.165) is 30.4 Å². The highest BCUT2D eigenvalue weighted by Gasteiger charge is 2.42. The largest absolute Gasteiger partial charge is 0.490 e.